The molecule has 2 heterocycles. The van der Waals surface area contributed by atoms with E-state index in [-0.39, 0.29) is 0 Å². The first-order valence-corrected chi connectivity index (χ1v) is 6.41. The molecule has 4 heteroatoms. The molecule has 2 rings (SSSR count). The number of nitrogens with one attached hydrogen (secondary N) is 1. The van der Waals surface area contributed by atoms with Gasteiger partial charge in [-0.1, -0.05) is 0 Å². The lowest BCUT2D eigenvalue weighted by Gasteiger charge is -2.00. The van der Waals surface area contributed by atoms with Crippen molar-refractivity contribution in [1.29, 1.82) is 0 Å². The van der Waals surface area contributed by atoms with E-state index in [0.717, 1.165) is 24.6 Å². The number of halogens is 1. The zero-order valence-electron chi connectivity index (χ0n) is 8.42. The fourth-order valence-corrected chi connectivity index (χ4v) is 2.79. The summed E-state index contributed by atoms with van der Waals surface area (Å²) < 4.78 is 6.64. The Bertz CT molecular complexity index is 435. The van der Waals surface area contributed by atoms with Crippen LogP contribution >= 0.6 is 27.3 Å². The summed E-state index contributed by atoms with van der Waals surface area (Å²) in [5.74, 6) is 1.95. The molecule has 80 valence electrons. The Morgan fingerprint density at radius 1 is 1.33 bits per heavy atom. The van der Waals surface area contributed by atoms with Gasteiger partial charge >= 0.3 is 0 Å². The van der Waals surface area contributed by atoms with E-state index in [1.807, 2.05) is 19.1 Å². The summed E-state index contributed by atoms with van der Waals surface area (Å²) in [5.41, 5.74) is 0. The molecule has 2 aromatic heterocycles. The number of furan rings is 1. The van der Waals surface area contributed by atoms with Crippen molar-refractivity contribution in [3.63, 3.8) is 0 Å². The van der Waals surface area contributed by atoms with E-state index in [0.29, 0.717) is 0 Å². The predicted octanol–water partition coefficient (Wildman–Crippen LogP) is 3.70. The van der Waals surface area contributed by atoms with Crippen molar-refractivity contribution in [3.05, 3.63) is 44.4 Å². The number of thiophene rings is 1. The Balaban J connectivity index is 1.83. The Kier molecular flexibility index (Phi) is 3.61. The smallest absolute Gasteiger partial charge is 0.117 e. The van der Waals surface area contributed by atoms with Gasteiger partial charge in [-0.2, -0.15) is 0 Å². The molecular formula is C11H12BrNOS. The first-order chi connectivity index (χ1) is 7.25. The Hall–Kier alpha value is -0.580. The highest BCUT2D eigenvalue weighted by Gasteiger charge is 2.01. The van der Waals surface area contributed by atoms with Gasteiger partial charge in [0.15, 0.2) is 0 Å². The van der Waals surface area contributed by atoms with Gasteiger partial charge in [0.25, 0.3) is 0 Å². The summed E-state index contributed by atoms with van der Waals surface area (Å²) in [5, 5.41) is 5.43. The summed E-state index contributed by atoms with van der Waals surface area (Å²) in [7, 11) is 0. The normalized spacial score (nSPS) is 10.8. The molecule has 0 unspecified atom stereocenters. The van der Waals surface area contributed by atoms with E-state index in [4.69, 9.17) is 4.42 Å². The summed E-state index contributed by atoms with van der Waals surface area (Å²) in [6.45, 7) is 3.61. The Morgan fingerprint density at radius 2 is 2.20 bits per heavy atom. The molecule has 0 bridgehead atoms. The highest BCUT2D eigenvalue weighted by Crippen LogP contribution is 2.22. The second-order valence-electron chi connectivity index (χ2n) is 3.31. The molecule has 2 nitrogen and oxygen atoms in total. The van der Waals surface area contributed by atoms with Crippen molar-refractivity contribution >= 4 is 27.3 Å². The van der Waals surface area contributed by atoms with Crippen molar-refractivity contribution in [2.45, 2.75) is 20.0 Å². The lowest BCUT2D eigenvalue weighted by Crippen LogP contribution is -2.11. The third-order valence-corrected chi connectivity index (χ3v) is 4.00. The van der Waals surface area contributed by atoms with Gasteiger partial charge in [-0.25, -0.2) is 0 Å². The van der Waals surface area contributed by atoms with Crippen LogP contribution in [0, 0.1) is 6.92 Å². The van der Waals surface area contributed by atoms with E-state index in [1.165, 1.54) is 9.35 Å². The van der Waals surface area contributed by atoms with Gasteiger partial charge in [0.1, 0.15) is 11.5 Å². The number of aryl methyl sites for hydroxylation is 1. The Labute approximate surface area is 101 Å². The van der Waals surface area contributed by atoms with Crippen LogP contribution in [0.5, 0.6) is 0 Å². The van der Waals surface area contributed by atoms with E-state index in [2.05, 4.69) is 32.7 Å². The molecule has 0 saturated heterocycles. The molecule has 0 aliphatic rings. The Morgan fingerprint density at radius 3 is 2.80 bits per heavy atom. The first-order valence-electron chi connectivity index (χ1n) is 4.73. The quantitative estimate of drug-likeness (QED) is 0.927. The number of hydrogen-bond donors (Lipinski definition) is 1. The fourth-order valence-electron chi connectivity index (χ4n) is 1.33. The molecule has 0 radical (unpaired) electrons. The van der Waals surface area contributed by atoms with Gasteiger partial charge in [0, 0.05) is 15.9 Å². The monoisotopic (exact) mass is 285 g/mol. The standard InChI is InChI=1S/C11H12BrNOS/c1-8-2-3-9(14-8)6-13-7-11-10(12)4-5-15-11/h2-5,13H,6-7H2,1H3. The lowest BCUT2D eigenvalue weighted by atomic mass is 10.4. The van der Waals surface area contributed by atoms with Gasteiger partial charge in [0.05, 0.1) is 6.54 Å². The highest BCUT2D eigenvalue weighted by atomic mass is 79.9. The summed E-state index contributed by atoms with van der Waals surface area (Å²) >= 11 is 5.25. The maximum atomic E-state index is 5.46. The zero-order chi connectivity index (χ0) is 10.7. The van der Waals surface area contributed by atoms with Crippen LogP contribution < -0.4 is 5.32 Å². The van der Waals surface area contributed by atoms with E-state index in [1.54, 1.807) is 11.3 Å². The maximum Gasteiger partial charge on any atom is 0.117 e. The van der Waals surface area contributed by atoms with Crippen LogP contribution in [0.15, 0.2) is 32.5 Å². The molecule has 0 spiro atoms. The van der Waals surface area contributed by atoms with Gasteiger partial charge < -0.3 is 9.73 Å². The van der Waals surface area contributed by atoms with Crippen LogP contribution in [0.4, 0.5) is 0 Å². The molecule has 0 atom stereocenters. The van der Waals surface area contributed by atoms with Crippen molar-refractivity contribution in [3.8, 4) is 0 Å². The third kappa shape index (κ3) is 2.93. The molecule has 0 saturated carbocycles. The van der Waals surface area contributed by atoms with Crippen LogP contribution in [0.2, 0.25) is 0 Å². The van der Waals surface area contributed by atoms with E-state index in [9.17, 15) is 0 Å². The molecule has 0 aliphatic heterocycles. The average molecular weight is 286 g/mol. The highest BCUT2D eigenvalue weighted by molar-refractivity contribution is 9.10. The van der Waals surface area contributed by atoms with Gasteiger partial charge in [-0.3, -0.25) is 0 Å². The second kappa shape index (κ2) is 4.96. The lowest BCUT2D eigenvalue weighted by molar-refractivity contribution is 0.462. The van der Waals surface area contributed by atoms with Crippen molar-refractivity contribution in [1.82, 2.24) is 5.32 Å². The topological polar surface area (TPSA) is 25.2 Å². The fraction of sp³-hybridized carbons (Fsp3) is 0.273. The SMILES string of the molecule is Cc1ccc(CNCc2sccc2Br)o1. The molecule has 2 aromatic rings. The summed E-state index contributed by atoms with van der Waals surface area (Å²) in [4.78, 5) is 1.32. The molecule has 0 amide bonds. The van der Waals surface area contributed by atoms with Crippen LogP contribution in [-0.2, 0) is 13.1 Å². The van der Waals surface area contributed by atoms with Gasteiger partial charge in [0.2, 0.25) is 0 Å². The van der Waals surface area contributed by atoms with Crippen LogP contribution in [-0.4, -0.2) is 0 Å². The van der Waals surface area contributed by atoms with Crippen molar-refractivity contribution in [2.24, 2.45) is 0 Å². The van der Waals surface area contributed by atoms with Crippen LogP contribution in [0.3, 0.4) is 0 Å². The minimum absolute atomic E-state index is 0.776. The molecule has 1 N–H and O–H groups in total. The average Bonchev–Trinajstić information content (AvgIpc) is 2.77. The zero-order valence-corrected chi connectivity index (χ0v) is 10.8. The first kappa shape index (κ1) is 10.9. The predicted molar refractivity (Wildman–Crippen MR) is 66.0 cm³/mol. The largest absolute Gasteiger partial charge is 0.465 e. The second-order valence-corrected chi connectivity index (χ2v) is 5.16. The minimum atomic E-state index is 0.776. The van der Waals surface area contributed by atoms with Gasteiger partial charge in [-0.15, -0.1) is 11.3 Å². The molecule has 15 heavy (non-hydrogen) atoms. The van der Waals surface area contributed by atoms with E-state index < -0.39 is 0 Å². The number of hydrogen-bond acceptors (Lipinski definition) is 3. The maximum absolute atomic E-state index is 5.46. The van der Waals surface area contributed by atoms with Crippen LogP contribution in [0.25, 0.3) is 0 Å². The summed E-state index contributed by atoms with van der Waals surface area (Å²) in [6, 6.07) is 6.06. The molecule has 0 aliphatic carbocycles. The van der Waals surface area contributed by atoms with Gasteiger partial charge in [-0.05, 0) is 46.4 Å². The number of rotatable bonds is 4. The van der Waals surface area contributed by atoms with E-state index >= 15 is 0 Å². The summed E-state index contributed by atoms with van der Waals surface area (Å²) in [6.07, 6.45) is 0. The molecule has 0 fully saturated rings. The minimum Gasteiger partial charge on any atom is -0.465 e. The molecular weight excluding hydrogens is 274 g/mol. The van der Waals surface area contributed by atoms with Crippen LogP contribution in [0.1, 0.15) is 16.4 Å². The third-order valence-electron chi connectivity index (χ3n) is 2.07. The molecule has 0 aromatic carbocycles. The van der Waals surface area contributed by atoms with Crippen molar-refractivity contribution in [2.75, 3.05) is 0 Å². The van der Waals surface area contributed by atoms with Crippen molar-refractivity contribution < 1.29 is 4.42 Å².